The maximum Gasteiger partial charge on any atom is 0.339 e. The van der Waals surface area contributed by atoms with E-state index in [0.29, 0.717) is 5.57 Å². The quantitative estimate of drug-likeness (QED) is 0.583. The standard InChI is InChI=1S/C10H12O2/c1-4-6-9-8(5-2)7(3)12-10(9)11/h4-7H,2H2,1,3H3/b6-4-. The fourth-order valence-electron chi connectivity index (χ4n) is 1.23. The van der Waals surface area contributed by atoms with E-state index in [1.165, 1.54) is 0 Å². The van der Waals surface area contributed by atoms with Crippen molar-refractivity contribution in [3.63, 3.8) is 0 Å². The molecular formula is C10H12O2. The van der Waals surface area contributed by atoms with Crippen molar-refractivity contribution >= 4 is 5.97 Å². The first-order chi connectivity index (χ1) is 5.70. The predicted molar refractivity (Wildman–Crippen MR) is 47.6 cm³/mol. The summed E-state index contributed by atoms with van der Waals surface area (Å²) in [6.07, 6.45) is 5.09. The summed E-state index contributed by atoms with van der Waals surface area (Å²) in [7, 11) is 0. The zero-order valence-electron chi connectivity index (χ0n) is 7.33. The zero-order valence-corrected chi connectivity index (χ0v) is 7.33. The minimum Gasteiger partial charge on any atom is -0.454 e. The average molecular weight is 164 g/mol. The minimum absolute atomic E-state index is 0.152. The van der Waals surface area contributed by atoms with E-state index in [0.717, 1.165) is 5.57 Å². The number of rotatable bonds is 2. The van der Waals surface area contributed by atoms with Crippen molar-refractivity contribution in [2.24, 2.45) is 0 Å². The van der Waals surface area contributed by atoms with E-state index in [4.69, 9.17) is 4.74 Å². The van der Waals surface area contributed by atoms with Crippen LogP contribution in [0.4, 0.5) is 0 Å². The molecule has 2 heteroatoms. The van der Waals surface area contributed by atoms with Gasteiger partial charge in [-0.2, -0.15) is 0 Å². The number of carbonyl (C=O) groups is 1. The van der Waals surface area contributed by atoms with Gasteiger partial charge in [0.05, 0.1) is 5.57 Å². The lowest BCUT2D eigenvalue weighted by Crippen LogP contribution is -2.04. The molecule has 1 unspecified atom stereocenters. The van der Waals surface area contributed by atoms with E-state index in [-0.39, 0.29) is 12.1 Å². The molecule has 12 heavy (non-hydrogen) atoms. The highest BCUT2D eigenvalue weighted by Crippen LogP contribution is 2.23. The molecule has 0 saturated carbocycles. The first-order valence-electron chi connectivity index (χ1n) is 3.91. The first-order valence-corrected chi connectivity index (χ1v) is 3.91. The van der Waals surface area contributed by atoms with Crippen molar-refractivity contribution in [3.8, 4) is 0 Å². The number of allylic oxidation sites excluding steroid dienone is 1. The third-order valence-electron chi connectivity index (χ3n) is 1.81. The molecule has 64 valence electrons. The van der Waals surface area contributed by atoms with Crippen LogP contribution < -0.4 is 0 Å². The molecule has 1 atom stereocenters. The molecule has 0 aromatic heterocycles. The lowest BCUT2D eigenvalue weighted by molar-refractivity contribution is -0.138. The summed E-state index contributed by atoms with van der Waals surface area (Å²) >= 11 is 0. The Balaban J connectivity index is 3.09. The smallest absolute Gasteiger partial charge is 0.339 e. The number of ether oxygens (including phenoxy) is 1. The fourth-order valence-corrected chi connectivity index (χ4v) is 1.23. The molecule has 0 fully saturated rings. The highest BCUT2D eigenvalue weighted by molar-refractivity contribution is 5.95. The summed E-state index contributed by atoms with van der Waals surface area (Å²) in [4.78, 5) is 11.2. The average Bonchev–Trinajstić information content (AvgIpc) is 2.28. The topological polar surface area (TPSA) is 26.3 Å². The van der Waals surface area contributed by atoms with Crippen LogP contribution in [-0.4, -0.2) is 12.1 Å². The van der Waals surface area contributed by atoms with E-state index >= 15 is 0 Å². The minimum atomic E-state index is -0.254. The summed E-state index contributed by atoms with van der Waals surface area (Å²) in [5, 5.41) is 0. The van der Waals surface area contributed by atoms with E-state index < -0.39 is 0 Å². The van der Waals surface area contributed by atoms with Crippen LogP contribution in [0, 0.1) is 0 Å². The van der Waals surface area contributed by atoms with Crippen LogP contribution in [0.3, 0.4) is 0 Å². The Morgan fingerprint density at radius 2 is 2.25 bits per heavy atom. The number of esters is 1. The van der Waals surface area contributed by atoms with Crippen LogP contribution in [0.5, 0.6) is 0 Å². The highest BCUT2D eigenvalue weighted by atomic mass is 16.5. The maximum atomic E-state index is 11.2. The monoisotopic (exact) mass is 164 g/mol. The Bertz CT molecular complexity index is 272. The molecule has 0 aromatic carbocycles. The Labute approximate surface area is 72.2 Å². The molecule has 0 amide bonds. The lowest BCUT2D eigenvalue weighted by atomic mass is 10.1. The van der Waals surface area contributed by atoms with Gasteiger partial charge in [0.1, 0.15) is 6.10 Å². The number of cyclic esters (lactones) is 1. The number of carbonyl (C=O) groups excluding carboxylic acids is 1. The fraction of sp³-hybridized carbons (Fsp3) is 0.300. The van der Waals surface area contributed by atoms with Gasteiger partial charge in [-0.15, -0.1) is 0 Å². The van der Waals surface area contributed by atoms with Crippen molar-refractivity contribution in [2.75, 3.05) is 0 Å². The van der Waals surface area contributed by atoms with Crippen LogP contribution in [0.1, 0.15) is 13.8 Å². The summed E-state index contributed by atoms with van der Waals surface area (Å²) < 4.78 is 4.99. The molecule has 1 aliphatic rings. The van der Waals surface area contributed by atoms with E-state index in [1.54, 1.807) is 12.2 Å². The molecular weight excluding hydrogens is 152 g/mol. The van der Waals surface area contributed by atoms with Crippen molar-refractivity contribution in [1.82, 2.24) is 0 Å². The van der Waals surface area contributed by atoms with E-state index in [2.05, 4.69) is 6.58 Å². The van der Waals surface area contributed by atoms with Crippen LogP contribution >= 0.6 is 0 Å². The van der Waals surface area contributed by atoms with Gasteiger partial charge >= 0.3 is 5.97 Å². The van der Waals surface area contributed by atoms with Gasteiger partial charge in [-0.1, -0.05) is 24.8 Å². The van der Waals surface area contributed by atoms with Crippen molar-refractivity contribution in [1.29, 1.82) is 0 Å². The van der Waals surface area contributed by atoms with Crippen LogP contribution in [0.25, 0.3) is 0 Å². The van der Waals surface area contributed by atoms with Crippen molar-refractivity contribution in [3.05, 3.63) is 36.0 Å². The Morgan fingerprint density at radius 3 is 2.75 bits per heavy atom. The summed E-state index contributed by atoms with van der Waals surface area (Å²) in [6, 6.07) is 0. The lowest BCUT2D eigenvalue weighted by Gasteiger charge is -2.01. The van der Waals surface area contributed by atoms with Gasteiger partial charge < -0.3 is 4.74 Å². The normalized spacial score (nSPS) is 23.5. The van der Waals surface area contributed by atoms with Gasteiger partial charge in [-0.3, -0.25) is 0 Å². The predicted octanol–water partition coefficient (Wildman–Crippen LogP) is 1.99. The molecule has 1 rings (SSSR count). The number of hydrogen-bond acceptors (Lipinski definition) is 2. The third-order valence-corrected chi connectivity index (χ3v) is 1.81. The SMILES string of the molecule is C=CC1=C(/C=C\C)C(=O)OC1C. The Hall–Kier alpha value is -1.31. The van der Waals surface area contributed by atoms with E-state index in [9.17, 15) is 4.79 Å². The van der Waals surface area contributed by atoms with Gasteiger partial charge in [0.15, 0.2) is 0 Å². The second kappa shape index (κ2) is 3.39. The summed E-state index contributed by atoms with van der Waals surface area (Å²) in [6.45, 7) is 7.34. The van der Waals surface area contributed by atoms with Gasteiger partial charge in [0.2, 0.25) is 0 Å². The molecule has 0 saturated heterocycles. The molecule has 0 aliphatic carbocycles. The molecule has 2 nitrogen and oxygen atoms in total. The number of hydrogen-bond donors (Lipinski definition) is 0. The van der Waals surface area contributed by atoms with Gasteiger partial charge in [-0.25, -0.2) is 4.79 Å². The van der Waals surface area contributed by atoms with E-state index in [1.807, 2.05) is 19.9 Å². The van der Waals surface area contributed by atoms with Gasteiger partial charge in [-0.05, 0) is 13.8 Å². The molecule has 1 aliphatic heterocycles. The first kappa shape index (κ1) is 8.78. The molecule has 0 aromatic rings. The Kier molecular flexibility index (Phi) is 2.48. The summed E-state index contributed by atoms with van der Waals surface area (Å²) in [5.74, 6) is -0.254. The van der Waals surface area contributed by atoms with Crippen LogP contribution in [0.15, 0.2) is 36.0 Å². The molecule has 0 bridgehead atoms. The Morgan fingerprint density at radius 1 is 1.58 bits per heavy atom. The second-order valence-electron chi connectivity index (χ2n) is 2.62. The third kappa shape index (κ3) is 1.33. The van der Waals surface area contributed by atoms with Gasteiger partial charge in [0, 0.05) is 5.57 Å². The van der Waals surface area contributed by atoms with Crippen molar-refractivity contribution in [2.45, 2.75) is 20.0 Å². The largest absolute Gasteiger partial charge is 0.454 e. The molecule has 0 spiro atoms. The maximum absolute atomic E-state index is 11.2. The molecule has 0 radical (unpaired) electrons. The summed E-state index contributed by atoms with van der Waals surface area (Å²) in [5.41, 5.74) is 1.50. The zero-order chi connectivity index (χ0) is 9.14. The molecule has 0 N–H and O–H groups in total. The van der Waals surface area contributed by atoms with Crippen molar-refractivity contribution < 1.29 is 9.53 Å². The molecule has 1 heterocycles. The van der Waals surface area contributed by atoms with Crippen LogP contribution in [0.2, 0.25) is 0 Å². The second-order valence-corrected chi connectivity index (χ2v) is 2.62. The van der Waals surface area contributed by atoms with Gasteiger partial charge in [0.25, 0.3) is 0 Å². The van der Waals surface area contributed by atoms with Crippen LogP contribution in [-0.2, 0) is 9.53 Å². The highest BCUT2D eigenvalue weighted by Gasteiger charge is 2.26.